The Morgan fingerprint density at radius 3 is 2.74 bits per heavy atom. The van der Waals surface area contributed by atoms with Gasteiger partial charge in [0.2, 0.25) is 0 Å². The maximum atomic E-state index is 13.1. The Morgan fingerprint density at radius 1 is 1.30 bits per heavy atom. The van der Waals surface area contributed by atoms with Gasteiger partial charge in [0.15, 0.2) is 5.65 Å². The standard InChI is InChI=1S/C22H26N4O/c1-14(9-10-16-7-5-4-6-8-16)23-22(27)18-13-19(17-11-12-17)24-21-20(18)15(2)25-26(21)3/h4-8,13-14,17H,9-12H2,1-3H3,(H,23,27). The van der Waals surface area contributed by atoms with E-state index in [0.29, 0.717) is 11.5 Å². The number of aromatic nitrogens is 3. The fraction of sp³-hybridized carbons (Fsp3) is 0.409. The summed E-state index contributed by atoms with van der Waals surface area (Å²) in [6.45, 7) is 4.01. The first kappa shape index (κ1) is 17.7. The van der Waals surface area contributed by atoms with E-state index in [0.717, 1.165) is 48.1 Å². The zero-order valence-corrected chi connectivity index (χ0v) is 16.2. The van der Waals surface area contributed by atoms with Crippen molar-refractivity contribution >= 4 is 16.9 Å². The van der Waals surface area contributed by atoms with Crippen LogP contribution in [0.4, 0.5) is 0 Å². The Hall–Kier alpha value is -2.69. The summed E-state index contributed by atoms with van der Waals surface area (Å²) in [7, 11) is 1.89. The van der Waals surface area contributed by atoms with Gasteiger partial charge in [-0.2, -0.15) is 5.10 Å². The number of benzene rings is 1. The van der Waals surface area contributed by atoms with Gasteiger partial charge in [-0.3, -0.25) is 9.48 Å². The van der Waals surface area contributed by atoms with E-state index in [1.807, 2.05) is 26.1 Å². The van der Waals surface area contributed by atoms with Gasteiger partial charge < -0.3 is 5.32 Å². The minimum atomic E-state index is -0.0269. The maximum Gasteiger partial charge on any atom is 0.252 e. The maximum absolute atomic E-state index is 13.1. The van der Waals surface area contributed by atoms with Crippen molar-refractivity contribution < 1.29 is 4.79 Å². The molecule has 1 amide bonds. The summed E-state index contributed by atoms with van der Waals surface area (Å²) in [6.07, 6.45) is 4.17. The van der Waals surface area contributed by atoms with Crippen LogP contribution in [0.1, 0.15) is 59.4 Å². The van der Waals surface area contributed by atoms with Gasteiger partial charge in [0.25, 0.3) is 5.91 Å². The van der Waals surface area contributed by atoms with Crippen molar-refractivity contribution in [1.82, 2.24) is 20.1 Å². The van der Waals surface area contributed by atoms with Gasteiger partial charge >= 0.3 is 0 Å². The van der Waals surface area contributed by atoms with E-state index < -0.39 is 0 Å². The highest BCUT2D eigenvalue weighted by Gasteiger charge is 2.28. The predicted octanol–water partition coefficient (Wildman–Crippen LogP) is 3.91. The second-order valence-corrected chi connectivity index (χ2v) is 7.68. The van der Waals surface area contributed by atoms with Crippen molar-refractivity contribution in [2.45, 2.75) is 51.5 Å². The molecule has 0 bridgehead atoms. The lowest BCUT2D eigenvalue weighted by Crippen LogP contribution is -2.33. The van der Waals surface area contributed by atoms with Crippen LogP contribution in [0, 0.1) is 6.92 Å². The van der Waals surface area contributed by atoms with Crippen LogP contribution in [-0.2, 0) is 13.5 Å². The van der Waals surface area contributed by atoms with E-state index in [4.69, 9.17) is 4.98 Å². The molecule has 1 fully saturated rings. The first-order valence-electron chi connectivity index (χ1n) is 9.72. The zero-order chi connectivity index (χ0) is 19.0. The predicted molar refractivity (Wildman–Crippen MR) is 107 cm³/mol. The van der Waals surface area contributed by atoms with Crippen molar-refractivity contribution in [2.75, 3.05) is 0 Å². The second-order valence-electron chi connectivity index (χ2n) is 7.68. The molecule has 140 valence electrons. The Balaban J connectivity index is 1.54. The normalized spacial score (nSPS) is 15.1. The first-order chi connectivity index (χ1) is 13.0. The number of aryl methyl sites for hydroxylation is 3. The van der Waals surface area contributed by atoms with Crippen LogP contribution in [0.25, 0.3) is 11.0 Å². The molecule has 5 heteroatoms. The van der Waals surface area contributed by atoms with Crippen molar-refractivity contribution in [1.29, 1.82) is 0 Å². The van der Waals surface area contributed by atoms with Gasteiger partial charge in [0, 0.05) is 24.7 Å². The van der Waals surface area contributed by atoms with Crippen LogP contribution in [-0.4, -0.2) is 26.7 Å². The number of hydrogen-bond donors (Lipinski definition) is 1. The number of fused-ring (bicyclic) bond motifs is 1. The number of nitrogens with one attached hydrogen (secondary N) is 1. The van der Waals surface area contributed by atoms with Crippen LogP contribution in [0.15, 0.2) is 36.4 Å². The molecular formula is C22H26N4O. The van der Waals surface area contributed by atoms with Gasteiger partial charge in [-0.15, -0.1) is 0 Å². The third-order valence-electron chi connectivity index (χ3n) is 5.32. The molecular weight excluding hydrogens is 336 g/mol. The molecule has 1 atom stereocenters. The number of pyridine rings is 1. The van der Waals surface area contributed by atoms with Gasteiger partial charge in [-0.05, 0) is 51.2 Å². The third kappa shape index (κ3) is 3.72. The SMILES string of the molecule is Cc1nn(C)c2nc(C3CC3)cc(C(=O)NC(C)CCc3ccccc3)c12. The highest BCUT2D eigenvalue weighted by Crippen LogP contribution is 2.40. The van der Waals surface area contributed by atoms with Crippen molar-refractivity contribution in [3.63, 3.8) is 0 Å². The molecule has 0 radical (unpaired) electrons. The number of rotatable bonds is 6. The summed E-state index contributed by atoms with van der Waals surface area (Å²) < 4.78 is 1.78. The van der Waals surface area contributed by atoms with Crippen LogP contribution in [0.5, 0.6) is 0 Å². The molecule has 1 aliphatic carbocycles. The largest absolute Gasteiger partial charge is 0.350 e. The Labute approximate surface area is 159 Å². The first-order valence-corrected chi connectivity index (χ1v) is 9.72. The topological polar surface area (TPSA) is 59.8 Å². The number of nitrogens with zero attached hydrogens (tertiary/aromatic N) is 3. The molecule has 1 aromatic carbocycles. The highest BCUT2D eigenvalue weighted by molar-refractivity contribution is 6.06. The summed E-state index contributed by atoms with van der Waals surface area (Å²) >= 11 is 0. The molecule has 1 unspecified atom stereocenters. The highest BCUT2D eigenvalue weighted by atomic mass is 16.1. The number of carbonyl (C=O) groups is 1. The molecule has 0 saturated heterocycles. The lowest BCUT2D eigenvalue weighted by molar-refractivity contribution is 0.0940. The average molecular weight is 362 g/mol. The zero-order valence-electron chi connectivity index (χ0n) is 16.2. The summed E-state index contributed by atoms with van der Waals surface area (Å²) in [6, 6.07) is 12.5. The van der Waals surface area contributed by atoms with Crippen molar-refractivity contribution in [3.8, 4) is 0 Å². The van der Waals surface area contributed by atoms with Crippen LogP contribution >= 0.6 is 0 Å². The molecule has 3 aromatic rings. The minimum Gasteiger partial charge on any atom is -0.350 e. The number of hydrogen-bond acceptors (Lipinski definition) is 3. The third-order valence-corrected chi connectivity index (χ3v) is 5.32. The summed E-state index contributed by atoms with van der Waals surface area (Å²) in [4.78, 5) is 17.8. The van der Waals surface area contributed by atoms with E-state index in [2.05, 4.69) is 41.6 Å². The van der Waals surface area contributed by atoms with Crippen LogP contribution < -0.4 is 5.32 Å². The molecule has 0 aliphatic heterocycles. The van der Waals surface area contributed by atoms with E-state index in [1.165, 1.54) is 5.56 Å². The summed E-state index contributed by atoms with van der Waals surface area (Å²) in [5.74, 6) is 0.465. The molecule has 2 aromatic heterocycles. The van der Waals surface area contributed by atoms with Gasteiger partial charge in [-0.25, -0.2) is 4.98 Å². The molecule has 1 aliphatic rings. The lowest BCUT2D eigenvalue weighted by Gasteiger charge is -2.15. The molecule has 27 heavy (non-hydrogen) atoms. The second kappa shape index (κ2) is 7.14. The quantitative estimate of drug-likeness (QED) is 0.723. The Morgan fingerprint density at radius 2 is 2.04 bits per heavy atom. The number of carbonyl (C=O) groups excluding carboxylic acids is 1. The molecule has 2 heterocycles. The smallest absolute Gasteiger partial charge is 0.252 e. The molecule has 1 N–H and O–H groups in total. The fourth-order valence-corrected chi connectivity index (χ4v) is 3.63. The van der Waals surface area contributed by atoms with E-state index in [9.17, 15) is 4.79 Å². The summed E-state index contributed by atoms with van der Waals surface area (Å²) in [5.41, 5.74) is 4.68. The monoisotopic (exact) mass is 362 g/mol. The van der Waals surface area contributed by atoms with E-state index in [-0.39, 0.29) is 11.9 Å². The van der Waals surface area contributed by atoms with Gasteiger partial charge in [0.05, 0.1) is 16.6 Å². The van der Waals surface area contributed by atoms with Crippen molar-refractivity contribution in [2.24, 2.45) is 7.05 Å². The number of amides is 1. The fourth-order valence-electron chi connectivity index (χ4n) is 3.63. The van der Waals surface area contributed by atoms with E-state index >= 15 is 0 Å². The Kier molecular flexibility index (Phi) is 4.68. The van der Waals surface area contributed by atoms with Crippen molar-refractivity contribution in [3.05, 3.63) is 58.9 Å². The van der Waals surface area contributed by atoms with Crippen LogP contribution in [0.3, 0.4) is 0 Å². The molecule has 1 saturated carbocycles. The van der Waals surface area contributed by atoms with E-state index in [1.54, 1.807) is 4.68 Å². The van der Waals surface area contributed by atoms with Crippen LogP contribution in [0.2, 0.25) is 0 Å². The van der Waals surface area contributed by atoms with Gasteiger partial charge in [0.1, 0.15) is 0 Å². The molecule has 5 nitrogen and oxygen atoms in total. The average Bonchev–Trinajstić information content (AvgIpc) is 3.47. The van der Waals surface area contributed by atoms with Gasteiger partial charge in [-0.1, -0.05) is 30.3 Å². The summed E-state index contributed by atoms with van der Waals surface area (Å²) in [5, 5.41) is 8.53. The Bertz CT molecular complexity index is 973. The molecule has 0 spiro atoms. The molecule has 4 rings (SSSR count). The lowest BCUT2D eigenvalue weighted by atomic mass is 10.0. The minimum absolute atomic E-state index is 0.0269.